The van der Waals surface area contributed by atoms with Crippen molar-refractivity contribution in [2.45, 2.75) is 51.6 Å². The fourth-order valence-corrected chi connectivity index (χ4v) is 3.88. The zero-order valence-corrected chi connectivity index (χ0v) is 19.8. The highest BCUT2D eigenvalue weighted by Gasteiger charge is 2.27. The Kier molecular flexibility index (Phi) is 8.92. The van der Waals surface area contributed by atoms with Crippen LogP contribution < -0.4 is 27.2 Å². The molecule has 1 aliphatic carbocycles. The van der Waals surface area contributed by atoms with E-state index in [1.165, 1.54) is 13.1 Å². The predicted octanol–water partition coefficient (Wildman–Crippen LogP) is 1.14. The molecule has 1 aromatic carbocycles. The van der Waals surface area contributed by atoms with E-state index in [1.54, 1.807) is 18.2 Å². The Hall–Kier alpha value is -3.77. The van der Waals surface area contributed by atoms with Crippen LogP contribution in [0.5, 0.6) is 0 Å². The van der Waals surface area contributed by atoms with Crippen LogP contribution in [0.3, 0.4) is 0 Å². The van der Waals surface area contributed by atoms with Crippen LogP contribution in [-0.4, -0.2) is 58.1 Å². The van der Waals surface area contributed by atoms with Gasteiger partial charge < -0.3 is 26.8 Å². The Morgan fingerprint density at radius 1 is 1.20 bits per heavy atom. The fraction of sp³-hybridized carbons (Fsp3) is 0.435. The maximum absolute atomic E-state index is 12.3. The van der Waals surface area contributed by atoms with Gasteiger partial charge in [0.05, 0.1) is 18.8 Å². The number of aromatic nitrogens is 2. The van der Waals surface area contributed by atoms with E-state index in [2.05, 4.69) is 31.4 Å². The fourth-order valence-electron chi connectivity index (χ4n) is 3.88. The summed E-state index contributed by atoms with van der Waals surface area (Å²) in [5.74, 6) is -0.813. The first-order chi connectivity index (χ1) is 16.8. The first-order valence-corrected chi connectivity index (χ1v) is 11.4. The zero-order chi connectivity index (χ0) is 25.4. The van der Waals surface area contributed by atoms with E-state index < -0.39 is 11.8 Å². The maximum atomic E-state index is 12.3. The van der Waals surface area contributed by atoms with Gasteiger partial charge in [-0.15, -0.1) is 0 Å². The lowest BCUT2D eigenvalue weighted by Crippen LogP contribution is -2.48. The lowest BCUT2D eigenvalue weighted by Gasteiger charge is -2.33. The molecule has 1 aromatic heterocycles. The Morgan fingerprint density at radius 3 is 2.63 bits per heavy atom. The van der Waals surface area contributed by atoms with Crippen molar-refractivity contribution in [3.63, 3.8) is 0 Å². The summed E-state index contributed by atoms with van der Waals surface area (Å²) in [5, 5.41) is 18.1. The molecule has 1 aliphatic rings. The molecule has 2 atom stereocenters. The van der Waals surface area contributed by atoms with Crippen LogP contribution in [0.25, 0.3) is 0 Å². The molecule has 2 unspecified atom stereocenters. The standard InChI is InChI=1S/C23H31N7O5/c1-13-7-8-15(22(34)30-35-10-9-31)11-19(13)28-23-25-12-16(20(24)33)21(29-23)27-18-6-4-3-5-17(18)26-14(2)32/h7-8,11-12,17-18,31H,3-6,9-10H2,1-2H3,(H2,24,33)(H,26,32)(H,30,34)(H2,25,27,28,29). The topological polar surface area (TPSA) is 181 Å². The van der Waals surface area contributed by atoms with Crippen molar-refractivity contribution < 1.29 is 24.3 Å². The van der Waals surface area contributed by atoms with Gasteiger partial charge >= 0.3 is 0 Å². The van der Waals surface area contributed by atoms with Crippen LogP contribution in [0, 0.1) is 6.92 Å². The SMILES string of the molecule is CC(=O)NC1CCCCC1Nc1nc(Nc2cc(C(=O)NOCCO)ccc2C)ncc1C(N)=O. The highest BCUT2D eigenvalue weighted by molar-refractivity contribution is 5.97. The van der Waals surface area contributed by atoms with Crippen molar-refractivity contribution in [1.82, 2.24) is 20.8 Å². The second kappa shape index (κ2) is 12.1. The number of hydrogen-bond acceptors (Lipinski definition) is 9. The molecule has 0 radical (unpaired) electrons. The molecule has 3 rings (SSSR count). The number of nitrogens with zero attached hydrogens (tertiary/aromatic N) is 2. The van der Waals surface area contributed by atoms with Gasteiger partial charge in [0.25, 0.3) is 11.8 Å². The number of aryl methyl sites for hydroxylation is 1. The molecule has 0 saturated heterocycles. The Balaban J connectivity index is 1.83. The lowest BCUT2D eigenvalue weighted by atomic mass is 9.90. The summed E-state index contributed by atoms with van der Waals surface area (Å²) < 4.78 is 0. The highest BCUT2D eigenvalue weighted by Crippen LogP contribution is 2.25. The molecule has 0 aliphatic heterocycles. The summed E-state index contributed by atoms with van der Waals surface area (Å²) >= 11 is 0. The van der Waals surface area contributed by atoms with Crippen molar-refractivity contribution in [2.75, 3.05) is 23.8 Å². The molecule has 12 heteroatoms. The molecule has 12 nitrogen and oxygen atoms in total. The first-order valence-electron chi connectivity index (χ1n) is 11.4. The number of carbonyl (C=O) groups excluding carboxylic acids is 3. The molecular weight excluding hydrogens is 454 g/mol. The molecular formula is C23H31N7O5. The normalized spacial score (nSPS) is 17.3. The van der Waals surface area contributed by atoms with Crippen molar-refractivity contribution in [2.24, 2.45) is 5.73 Å². The van der Waals surface area contributed by atoms with Crippen molar-refractivity contribution in [3.05, 3.63) is 41.1 Å². The minimum atomic E-state index is -0.677. The molecule has 1 fully saturated rings. The number of nitrogens with two attached hydrogens (primary N) is 1. The van der Waals surface area contributed by atoms with Crippen LogP contribution in [0.15, 0.2) is 24.4 Å². The molecule has 35 heavy (non-hydrogen) atoms. The lowest BCUT2D eigenvalue weighted by molar-refractivity contribution is -0.119. The molecule has 0 spiro atoms. The summed E-state index contributed by atoms with van der Waals surface area (Å²) in [6.07, 6.45) is 4.92. The number of carbonyl (C=O) groups is 3. The van der Waals surface area contributed by atoms with E-state index in [-0.39, 0.29) is 48.5 Å². The van der Waals surface area contributed by atoms with Gasteiger partial charge in [0, 0.05) is 36.5 Å². The Morgan fingerprint density at radius 2 is 1.94 bits per heavy atom. The average molecular weight is 486 g/mol. The molecule has 7 N–H and O–H groups in total. The van der Waals surface area contributed by atoms with E-state index in [9.17, 15) is 14.4 Å². The van der Waals surface area contributed by atoms with Crippen LogP contribution >= 0.6 is 0 Å². The molecule has 1 heterocycles. The second-order valence-electron chi connectivity index (χ2n) is 8.32. The molecule has 3 amide bonds. The van der Waals surface area contributed by atoms with Crippen molar-refractivity contribution in [1.29, 1.82) is 0 Å². The summed E-state index contributed by atoms with van der Waals surface area (Å²) in [6, 6.07) is 4.77. The van der Waals surface area contributed by atoms with Crippen LogP contribution in [-0.2, 0) is 9.63 Å². The van der Waals surface area contributed by atoms with E-state index in [4.69, 9.17) is 15.7 Å². The number of nitrogens with one attached hydrogen (secondary N) is 4. The van der Waals surface area contributed by atoms with Crippen molar-refractivity contribution in [3.8, 4) is 0 Å². The third kappa shape index (κ3) is 7.11. The van der Waals surface area contributed by atoms with Gasteiger partial charge in [-0.25, -0.2) is 10.5 Å². The quantitative estimate of drug-likeness (QED) is 0.212. The van der Waals surface area contributed by atoms with E-state index in [0.29, 0.717) is 11.3 Å². The van der Waals surface area contributed by atoms with Gasteiger partial charge in [0.1, 0.15) is 5.82 Å². The maximum Gasteiger partial charge on any atom is 0.274 e. The Labute approximate surface area is 203 Å². The number of aliphatic hydroxyl groups is 1. The number of hydrogen-bond donors (Lipinski definition) is 6. The number of aliphatic hydroxyl groups excluding tert-OH is 1. The molecule has 0 bridgehead atoms. The van der Waals surface area contributed by atoms with E-state index in [0.717, 1.165) is 31.2 Å². The minimum Gasteiger partial charge on any atom is -0.394 e. The average Bonchev–Trinajstić information content (AvgIpc) is 2.81. The van der Waals surface area contributed by atoms with Crippen LogP contribution in [0.1, 0.15) is 58.9 Å². The van der Waals surface area contributed by atoms with Gasteiger partial charge in [0.15, 0.2) is 0 Å². The first kappa shape index (κ1) is 25.8. The van der Waals surface area contributed by atoms with Crippen LogP contribution in [0.2, 0.25) is 0 Å². The monoisotopic (exact) mass is 485 g/mol. The van der Waals surface area contributed by atoms with Gasteiger partial charge in [-0.2, -0.15) is 4.98 Å². The minimum absolute atomic E-state index is 0.0255. The summed E-state index contributed by atoms with van der Waals surface area (Å²) in [5.41, 5.74) is 9.65. The number of anilines is 3. The molecule has 2 aromatic rings. The van der Waals surface area contributed by atoms with Gasteiger partial charge in [-0.3, -0.25) is 19.2 Å². The number of benzene rings is 1. The summed E-state index contributed by atoms with van der Waals surface area (Å²) in [7, 11) is 0. The van der Waals surface area contributed by atoms with Crippen molar-refractivity contribution >= 4 is 35.2 Å². The van der Waals surface area contributed by atoms with E-state index >= 15 is 0 Å². The van der Waals surface area contributed by atoms with E-state index in [1.807, 2.05) is 6.92 Å². The number of primary amides is 1. The third-order valence-electron chi connectivity index (χ3n) is 5.64. The Bertz CT molecular complexity index is 1080. The number of hydroxylamine groups is 1. The zero-order valence-electron chi connectivity index (χ0n) is 19.8. The third-order valence-corrected chi connectivity index (χ3v) is 5.64. The largest absolute Gasteiger partial charge is 0.394 e. The molecule has 1 saturated carbocycles. The highest BCUT2D eigenvalue weighted by atomic mass is 16.7. The molecule has 188 valence electrons. The number of rotatable bonds is 10. The summed E-state index contributed by atoms with van der Waals surface area (Å²) in [6.45, 7) is 3.08. The van der Waals surface area contributed by atoms with Gasteiger partial charge in [-0.05, 0) is 37.5 Å². The van der Waals surface area contributed by atoms with Crippen LogP contribution in [0.4, 0.5) is 17.5 Å². The second-order valence-corrected chi connectivity index (χ2v) is 8.32. The van der Waals surface area contributed by atoms with Gasteiger partial charge in [0.2, 0.25) is 11.9 Å². The van der Waals surface area contributed by atoms with Gasteiger partial charge in [-0.1, -0.05) is 18.9 Å². The smallest absolute Gasteiger partial charge is 0.274 e. The number of amides is 3. The predicted molar refractivity (Wildman–Crippen MR) is 129 cm³/mol. The summed E-state index contributed by atoms with van der Waals surface area (Å²) in [4.78, 5) is 49.5.